The molecule has 0 aliphatic heterocycles. The molecule has 104 valence electrons. The molecule has 0 amide bonds. The predicted molar refractivity (Wildman–Crippen MR) is 74.0 cm³/mol. The van der Waals surface area contributed by atoms with Crippen LogP contribution in [0.4, 0.5) is 13.2 Å². The summed E-state index contributed by atoms with van der Waals surface area (Å²) in [5.41, 5.74) is -0.630. The summed E-state index contributed by atoms with van der Waals surface area (Å²) in [5.74, 6) is -0.500. The number of alkyl halides is 3. The standard InChI is InChI=1S/C14H7BrClF3O/c15-12-6-3-9(14(17,18)19)7-11(12)13(20)8-1-4-10(16)5-2-8/h1-7H. The van der Waals surface area contributed by atoms with Gasteiger partial charge in [0.25, 0.3) is 0 Å². The lowest BCUT2D eigenvalue weighted by Gasteiger charge is -2.10. The van der Waals surface area contributed by atoms with E-state index >= 15 is 0 Å². The summed E-state index contributed by atoms with van der Waals surface area (Å²) in [7, 11) is 0. The van der Waals surface area contributed by atoms with Crippen molar-refractivity contribution in [3.63, 3.8) is 0 Å². The van der Waals surface area contributed by atoms with Gasteiger partial charge in [0.05, 0.1) is 5.56 Å². The van der Waals surface area contributed by atoms with Crippen LogP contribution in [0, 0.1) is 0 Å². The molecule has 20 heavy (non-hydrogen) atoms. The Hall–Kier alpha value is -1.33. The van der Waals surface area contributed by atoms with E-state index < -0.39 is 17.5 Å². The van der Waals surface area contributed by atoms with Gasteiger partial charge in [-0.15, -0.1) is 0 Å². The van der Waals surface area contributed by atoms with E-state index in [2.05, 4.69) is 15.9 Å². The second-order valence-electron chi connectivity index (χ2n) is 4.03. The Labute approximate surface area is 126 Å². The van der Waals surface area contributed by atoms with Gasteiger partial charge in [-0.2, -0.15) is 13.2 Å². The van der Waals surface area contributed by atoms with Gasteiger partial charge in [0.2, 0.25) is 0 Å². The first-order chi connectivity index (χ1) is 9.29. The van der Waals surface area contributed by atoms with Gasteiger partial charge in [0.1, 0.15) is 0 Å². The first-order valence-electron chi connectivity index (χ1n) is 5.46. The molecule has 0 unspecified atom stereocenters. The Bertz CT molecular complexity index is 650. The van der Waals surface area contributed by atoms with Crippen LogP contribution in [0.3, 0.4) is 0 Å². The van der Waals surface area contributed by atoms with Gasteiger partial charge in [-0.3, -0.25) is 4.79 Å². The molecule has 0 heterocycles. The summed E-state index contributed by atoms with van der Waals surface area (Å²) >= 11 is 8.80. The number of rotatable bonds is 2. The van der Waals surface area contributed by atoms with Crippen molar-refractivity contribution in [1.29, 1.82) is 0 Å². The van der Waals surface area contributed by atoms with Crippen molar-refractivity contribution in [2.75, 3.05) is 0 Å². The Balaban J connectivity index is 2.46. The monoisotopic (exact) mass is 362 g/mol. The summed E-state index contributed by atoms with van der Waals surface area (Å²) in [4.78, 5) is 12.2. The molecular weight excluding hydrogens is 357 g/mol. The number of ketones is 1. The van der Waals surface area contributed by atoms with Crippen molar-refractivity contribution in [2.24, 2.45) is 0 Å². The Morgan fingerprint density at radius 2 is 1.65 bits per heavy atom. The Morgan fingerprint density at radius 3 is 2.20 bits per heavy atom. The first kappa shape index (κ1) is 15.1. The molecule has 0 saturated heterocycles. The highest BCUT2D eigenvalue weighted by atomic mass is 79.9. The molecule has 0 N–H and O–H groups in total. The van der Waals surface area contributed by atoms with Crippen molar-refractivity contribution in [2.45, 2.75) is 6.18 Å². The minimum Gasteiger partial charge on any atom is -0.289 e. The molecule has 2 aromatic carbocycles. The second kappa shape index (κ2) is 5.58. The summed E-state index contributed by atoms with van der Waals surface area (Å²) < 4.78 is 38.3. The fourth-order valence-electron chi connectivity index (χ4n) is 1.63. The van der Waals surface area contributed by atoms with E-state index in [0.29, 0.717) is 9.50 Å². The molecule has 0 radical (unpaired) electrons. The molecular formula is C14H7BrClF3O. The lowest BCUT2D eigenvalue weighted by atomic mass is 10.0. The predicted octanol–water partition coefficient (Wildman–Crippen LogP) is 5.35. The van der Waals surface area contributed by atoms with Gasteiger partial charge in [-0.25, -0.2) is 0 Å². The normalized spacial score (nSPS) is 11.4. The Morgan fingerprint density at radius 1 is 1.05 bits per heavy atom. The maximum absolute atomic E-state index is 12.7. The third-order valence-corrected chi connectivity index (χ3v) is 3.59. The van der Waals surface area contributed by atoms with Crippen LogP contribution < -0.4 is 0 Å². The topological polar surface area (TPSA) is 17.1 Å². The summed E-state index contributed by atoms with van der Waals surface area (Å²) in [6.45, 7) is 0. The SMILES string of the molecule is O=C(c1ccc(Cl)cc1)c1cc(C(F)(F)F)ccc1Br. The maximum atomic E-state index is 12.7. The van der Waals surface area contributed by atoms with Crippen molar-refractivity contribution in [3.8, 4) is 0 Å². The fourth-order valence-corrected chi connectivity index (χ4v) is 2.19. The summed E-state index contributed by atoms with van der Waals surface area (Å²) in [6.07, 6.45) is -4.49. The smallest absolute Gasteiger partial charge is 0.289 e. The van der Waals surface area contributed by atoms with E-state index in [9.17, 15) is 18.0 Å². The minimum absolute atomic E-state index is 0.0397. The highest BCUT2D eigenvalue weighted by Crippen LogP contribution is 2.32. The van der Waals surface area contributed by atoms with Gasteiger partial charge < -0.3 is 0 Å². The molecule has 0 aromatic heterocycles. The molecule has 1 nitrogen and oxygen atoms in total. The van der Waals surface area contributed by atoms with Crippen LogP contribution in [-0.2, 0) is 6.18 Å². The molecule has 0 fully saturated rings. The maximum Gasteiger partial charge on any atom is 0.416 e. The number of hydrogen-bond acceptors (Lipinski definition) is 1. The zero-order valence-electron chi connectivity index (χ0n) is 9.84. The van der Waals surface area contributed by atoms with E-state index in [1.54, 1.807) is 0 Å². The Kier molecular flexibility index (Phi) is 4.20. The summed E-state index contributed by atoms with van der Waals surface area (Å²) in [5, 5.41) is 0.449. The zero-order chi connectivity index (χ0) is 14.9. The lowest BCUT2D eigenvalue weighted by Crippen LogP contribution is -2.09. The lowest BCUT2D eigenvalue weighted by molar-refractivity contribution is -0.137. The molecule has 0 aliphatic rings. The van der Waals surface area contributed by atoms with Crippen LogP contribution in [0.1, 0.15) is 21.5 Å². The number of hydrogen-bond donors (Lipinski definition) is 0. The van der Waals surface area contributed by atoms with E-state index in [1.165, 1.54) is 30.3 Å². The average molecular weight is 364 g/mol. The van der Waals surface area contributed by atoms with Crippen LogP contribution in [0.5, 0.6) is 0 Å². The minimum atomic E-state index is -4.49. The number of carbonyl (C=O) groups excluding carboxylic acids is 1. The van der Waals surface area contributed by atoms with Crippen molar-refractivity contribution >= 4 is 33.3 Å². The molecule has 2 aromatic rings. The average Bonchev–Trinajstić information content (AvgIpc) is 2.38. The van der Waals surface area contributed by atoms with E-state index in [-0.39, 0.29) is 11.1 Å². The quantitative estimate of drug-likeness (QED) is 0.657. The summed E-state index contributed by atoms with van der Waals surface area (Å²) in [6, 6.07) is 8.93. The van der Waals surface area contributed by atoms with E-state index in [4.69, 9.17) is 11.6 Å². The van der Waals surface area contributed by atoms with Gasteiger partial charge in [0.15, 0.2) is 5.78 Å². The molecule has 0 atom stereocenters. The van der Waals surface area contributed by atoms with Crippen LogP contribution in [0.25, 0.3) is 0 Å². The van der Waals surface area contributed by atoms with Crippen LogP contribution in [0.15, 0.2) is 46.9 Å². The number of halogens is 5. The number of carbonyl (C=O) groups is 1. The zero-order valence-corrected chi connectivity index (χ0v) is 12.2. The van der Waals surface area contributed by atoms with E-state index in [0.717, 1.165) is 12.1 Å². The third kappa shape index (κ3) is 3.22. The first-order valence-corrected chi connectivity index (χ1v) is 6.63. The van der Waals surface area contributed by atoms with Crippen LogP contribution in [0.2, 0.25) is 5.02 Å². The highest BCUT2D eigenvalue weighted by molar-refractivity contribution is 9.10. The molecule has 2 rings (SSSR count). The van der Waals surface area contributed by atoms with Gasteiger partial charge in [0, 0.05) is 20.6 Å². The van der Waals surface area contributed by atoms with Gasteiger partial charge in [-0.05, 0) is 42.5 Å². The van der Waals surface area contributed by atoms with Crippen LogP contribution in [-0.4, -0.2) is 5.78 Å². The van der Waals surface area contributed by atoms with Crippen molar-refractivity contribution in [3.05, 3.63) is 68.7 Å². The van der Waals surface area contributed by atoms with Crippen molar-refractivity contribution < 1.29 is 18.0 Å². The third-order valence-electron chi connectivity index (χ3n) is 2.64. The molecule has 6 heteroatoms. The molecule has 0 aliphatic carbocycles. The van der Waals surface area contributed by atoms with Crippen LogP contribution >= 0.6 is 27.5 Å². The number of benzene rings is 2. The van der Waals surface area contributed by atoms with E-state index in [1.807, 2.05) is 0 Å². The largest absolute Gasteiger partial charge is 0.416 e. The highest BCUT2D eigenvalue weighted by Gasteiger charge is 2.31. The van der Waals surface area contributed by atoms with Gasteiger partial charge in [-0.1, -0.05) is 27.5 Å². The second-order valence-corrected chi connectivity index (χ2v) is 5.32. The molecule has 0 bridgehead atoms. The molecule has 0 spiro atoms. The van der Waals surface area contributed by atoms with Gasteiger partial charge >= 0.3 is 6.18 Å². The fraction of sp³-hybridized carbons (Fsp3) is 0.0714. The molecule has 0 saturated carbocycles. The van der Waals surface area contributed by atoms with Crippen molar-refractivity contribution in [1.82, 2.24) is 0 Å².